The van der Waals surface area contributed by atoms with E-state index in [1.54, 1.807) is 37.6 Å². The van der Waals surface area contributed by atoms with Gasteiger partial charge in [0.1, 0.15) is 16.5 Å². The van der Waals surface area contributed by atoms with Crippen LogP contribution in [0.2, 0.25) is 0 Å². The second-order valence-corrected chi connectivity index (χ2v) is 9.68. The first-order valence-electron chi connectivity index (χ1n) is 11.0. The van der Waals surface area contributed by atoms with Crippen molar-refractivity contribution < 1.29 is 17.9 Å². The number of nitrogens with one attached hydrogen (secondary N) is 3. The minimum Gasteiger partial charge on any atom is -0.494 e. The van der Waals surface area contributed by atoms with Crippen molar-refractivity contribution in [3.8, 4) is 5.75 Å². The first-order valence-corrected chi connectivity index (χ1v) is 12.4. The number of methoxy groups -OCH3 is 1. The Kier molecular flexibility index (Phi) is 7.20. The molecule has 1 aliphatic rings. The van der Waals surface area contributed by atoms with Crippen molar-refractivity contribution in [3.63, 3.8) is 0 Å². The van der Waals surface area contributed by atoms with Crippen LogP contribution in [-0.2, 0) is 14.8 Å². The number of nitrogens with zero attached hydrogens (tertiary/aromatic N) is 2. The fourth-order valence-corrected chi connectivity index (χ4v) is 4.61. The maximum Gasteiger partial charge on any atom is 0.242 e. The summed E-state index contributed by atoms with van der Waals surface area (Å²) in [5, 5.41) is 6.55. The van der Waals surface area contributed by atoms with E-state index in [0.29, 0.717) is 30.5 Å². The molecular weight excluding hydrogens is 454 g/mol. The number of morpholine rings is 1. The third kappa shape index (κ3) is 5.24. The minimum absolute atomic E-state index is 0.170. The Morgan fingerprint density at radius 1 is 1.00 bits per heavy atom. The highest BCUT2D eigenvalue weighted by Crippen LogP contribution is 2.33. The SMILES string of the molecule is CNS(=O)(=O)c1ccccc1Nc1cc(Nc2ccc(N3CCOCC3)cc2OC)ncc1C. The largest absolute Gasteiger partial charge is 0.494 e. The van der Waals surface area contributed by atoms with E-state index in [9.17, 15) is 8.42 Å². The van der Waals surface area contributed by atoms with Crippen molar-refractivity contribution in [2.24, 2.45) is 0 Å². The van der Waals surface area contributed by atoms with Crippen molar-refractivity contribution in [2.75, 3.05) is 56.0 Å². The molecule has 0 spiro atoms. The molecule has 1 aromatic heterocycles. The van der Waals surface area contributed by atoms with Gasteiger partial charge in [0.15, 0.2) is 0 Å². The molecule has 0 unspecified atom stereocenters. The van der Waals surface area contributed by atoms with Gasteiger partial charge in [0.25, 0.3) is 0 Å². The Morgan fingerprint density at radius 3 is 2.50 bits per heavy atom. The molecule has 180 valence electrons. The monoisotopic (exact) mass is 483 g/mol. The molecule has 1 saturated heterocycles. The van der Waals surface area contributed by atoms with Crippen molar-refractivity contribution in [1.29, 1.82) is 0 Å². The predicted molar refractivity (Wildman–Crippen MR) is 134 cm³/mol. The molecular formula is C24H29N5O4S. The summed E-state index contributed by atoms with van der Waals surface area (Å²) in [6, 6.07) is 14.6. The van der Waals surface area contributed by atoms with Gasteiger partial charge >= 0.3 is 0 Å². The van der Waals surface area contributed by atoms with Crippen LogP contribution in [0.3, 0.4) is 0 Å². The zero-order chi connectivity index (χ0) is 24.1. The van der Waals surface area contributed by atoms with Crippen LogP contribution in [0.4, 0.5) is 28.6 Å². The van der Waals surface area contributed by atoms with Gasteiger partial charge in [0.05, 0.1) is 31.7 Å². The lowest BCUT2D eigenvalue weighted by Gasteiger charge is -2.29. The molecule has 0 bridgehead atoms. The molecule has 0 amide bonds. The summed E-state index contributed by atoms with van der Waals surface area (Å²) >= 11 is 0. The second-order valence-electron chi connectivity index (χ2n) is 7.82. The van der Waals surface area contributed by atoms with Crippen LogP contribution in [0.5, 0.6) is 5.75 Å². The molecule has 10 heteroatoms. The lowest BCUT2D eigenvalue weighted by molar-refractivity contribution is 0.122. The van der Waals surface area contributed by atoms with Crippen molar-refractivity contribution in [1.82, 2.24) is 9.71 Å². The number of anilines is 5. The van der Waals surface area contributed by atoms with Gasteiger partial charge in [-0.05, 0) is 43.8 Å². The number of pyridine rings is 1. The van der Waals surface area contributed by atoms with E-state index in [4.69, 9.17) is 9.47 Å². The van der Waals surface area contributed by atoms with Crippen LogP contribution < -0.4 is 25.0 Å². The third-order valence-corrected chi connectivity index (χ3v) is 7.11. The van der Waals surface area contributed by atoms with Crippen LogP contribution in [0, 0.1) is 6.92 Å². The Morgan fingerprint density at radius 2 is 1.76 bits per heavy atom. The summed E-state index contributed by atoms with van der Waals surface area (Å²) in [6.07, 6.45) is 1.73. The van der Waals surface area contributed by atoms with Crippen LogP contribution in [0.25, 0.3) is 0 Å². The molecule has 4 rings (SSSR count). The molecule has 3 N–H and O–H groups in total. The summed E-state index contributed by atoms with van der Waals surface area (Å²) in [5.74, 6) is 1.30. The number of aromatic nitrogens is 1. The Bertz CT molecular complexity index is 1260. The van der Waals surface area contributed by atoms with Gasteiger partial charge < -0.3 is 25.0 Å². The highest BCUT2D eigenvalue weighted by atomic mass is 32.2. The van der Waals surface area contributed by atoms with E-state index in [2.05, 4.69) is 25.2 Å². The smallest absolute Gasteiger partial charge is 0.242 e. The topological polar surface area (TPSA) is 105 Å². The molecule has 1 aliphatic heterocycles. The van der Waals surface area contributed by atoms with Gasteiger partial charge in [-0.1, -0.05) is 12.1 Å². The van der Waals surface area contributed by atoms with E-state index in [-0.39, 0.29) is 4.90 Å². The number of hydrogen-bond acceptors (Lipinski definition) is 8. The first-order chi connectivity index (χ1) is 16.4. The number of aryl methyl sites for hydroxylation is 1. The van der Waals surface area contributed by atoms with Gasteiger partial charge in [-0.25, -0.2) is 18.1 Å². The summed E-state index contributed by atoms with van der Waals surface area (Å²) < 4.78 is 38.3. The molecule has 0 atom stereocenters. The molecule has 2 heterocycles. The standard InChI is InChI=1S/C24H29N5O4S/c1-17-16-26-24(15-21(17)27-20-6-4-5-7-23(20)34(30,31)25-2)28-19-9-8-18(14-22(19)32-3)29-10-12-33-13-11-29/h4-9,14-16,25H,10-13H2,1-3H3,(H2,26,27,28). The van der Waals surface area contributed by atoms with Crippen LogP contribution in [0.15, 0.2) is 59.6 Å². The maximum absolute atomic E-state index is 12.4. The molecule has 2 aromatic carbocycles. The summed E-state index contributed by atoms with van der Waals surface area (Å²) in [6.45, 7) is 5.02. The highest BCUT2D eigenvalue weighted by molar-refractivity contribution is 7.89. The van der Waals surface area contributed by atoms with Gasteiger partial charge in [-0.3, -0.25) is 0 Å². The summed E-state index contributed by atoms with van der Waals surface area (Å²) in [5.41, 5.74) is 3.94. The fourth-order valence-electron chi connectivity index (χ4n) is 3.73. The molecule has 9 nitrogen and oxygen atoms in total. The first kappa shape index (κ1) is 23.8. The number of rotatable bonds is 8. The second kappa shape index (κ2) is 10.3. The van der Waals surface area contributed by atoms with Crippen molar-refractivity contribution >= 4 is 38.6 Å². The molecule has 3 aromatic rings. The minimum atomic E-state index is -3.62. The fraction of sp³-hybridized carbons (Fsp3) is 0.292. The molecule has 1 fully saturated rings. The Balaban J connectivity index is 1.59. The molecule has 0 aliphatic carbocycles. The van der Waals surface area contributed by atoms with Crippen molar-refractivity contribution in [3.05, 3.63) is 60.3 Å². The average molecular weight is 484 g/mol. The van der Waals surface area contributed by atoms with Gasteiger partial charge in [-0.2, -0.15) is 0 Å². The number of hydrogen-bond donors (Lipinski definition) is 3. The predicted octanol–water partition coefficient (Wildman–Crippen LogP) is 3.63. The average Bonchev–Trinajstić information content (AvgIpc) is 2.87. The van der Waals surface area contributed by atoms with E-state index in [1.165, 1.54) is 7.05 Å². The Hall–Kier alpha value is -3.34. The number of para-hydroxylation sites is 1. The molecule has 0 saturated carbocycles. The van der Waals surface area contributed by atoms with Crippen molar-refractivity contribution in [2.45, 2.75) is 11.8 Å². The van der Waals surface area contributed by atoms with Crippen LogP contribution >= 0.6 is 0 Å². The molecule has 34 heavy (non-hydrogen) atoms. The summed E-state index contributed by atoms with van der Waals surface area (Å²) in [4.78, 5) is 6.92. The number of ether oxygens (including phenoxy) is 2. The maximum atomic E-state index is 12.4. The lowest BCUT2D eigenvalue weighted by Crippen LogP contribution is -2.36. The van der Waals surface area contributed by atoms with E-state index < -0.39 is 10.0 Å². The van der Waals surface area contributed by atoms with Crippen LogP contribution in [-0.4, -0.2) is 53.9 Å². The zero-order valence-corrected chi connectivity index (χ0v) is 20.3. The van der Waals surface area contributed by atoms with E-state index >= 15 is 0 Å². The van der Waals surface area contributed by atoms with Gasteiger partial charge in [0, 0.05) is 42.8 Å². The third-order valence-electron chi connectivity index (χ3n) is 5.64. The summed E-state index contributed by atoms with van der Waals surface area (Å²) in [7, 11) is -0.585. The van der Waals surface area contributed by atoms with Gasteiger partial charge in [-0.15, -0.1) is 0 Å². The Labute approximate surface area is 200 Å². The zero-order valence-electron chi connectivity index (χ0n) is 19.5. The molecule has 0 radical (unpaired) electrons. The quantitative estimate of drug-likeness (QED) is 0.446. The number of benzene rings is 2. The van der Waals surface area contributed by atoms with E-state index in [0.717, 1.165) is 35.7 Å². The number of sulfonamides is 1. The highest BCUT2D eigenvalue weighted by Gasteiger charge is 2.17. The van der Waals surface area contributed by atoms with E-state index in [1.807, 2.05) is 31.2 Å². The van der Waals surface area contributed by atoms with Crippen LogP contribution in [0.1, 0.15) is 5.56 Å². The van der Waals surface area contributed by atoms with Gasteiger partial charge in [0.2, 0.25) is 10.0 Å². The lowest BCUT2D eigenvalue weighted by atomic mass is 10.2. The normalized spacial score (nSPS) is 14.0.